The molecule has 1 aliphatic heterocycles. The number of benzene rings is 2. The van der Waals surface area contributed by atoms with Crippen LogP contribution in [0.15, 0.2) is 48.5 Å². The van der Waals surface area contributed by atoms with E-state index in [2.05, 4.69) is 10.6 Å². The zero-order valence-corrected chi connectivity index (χ0v) is 16.4. The summed E-state index contributed by atoms with van der Waals surface area (Å²) in [6.45, 7) is 0.964. The molecule has 0 unspecified atom stereocenters. The van der Waals surface area contributed by atoms with Crippen LogP contribution in [-0.2, 0) is 4.79 Å². The molecule has 0 bridgehead atoms. The molecule has 1 atom stereocenters. The maximum Gasteiger partial charge on any atom is 0.254 e. The van der Waals surface area contributed by atoms with Gasteiger partial charge in [-0.1, -0.05) is 11.6 Å². The Balaban J connectivity index is 1.48. The molecule has 1 saturated heterocycles. The average Bonchev–Trinajstić information content (AvgIpc) is 3.21. The first kappa shape index (κ1) is 20.8. The fraction of sp³-hybridized carbons (Fsp3) is 0.286. The number of rotatable bonds is 6. The summed E-state index contributed by atoms with van der Waals surface area (Å²) in [5.41, 5.74) is 0.828. The highest BCUT2D eigenvalue weighted by Gasteiger charge is 2.34. The predicted molar refractivity (Wildman–Crippen MR) is 107 cm³/mol. The number of nitrogens with one attached hydrogen (secondary N) is 2. The van der Waals surface area contributed by atoms with E-state index in [0.29, 0.717) is 29.1 Å². The number of halogens is 2. The Hall–Kier alpha value is -2.93. The van der Waals surface area contributed by atoms with Crippen LogP contribution in [0.1, 0.15) is 33.6 Å². The maximum atomic E-state index is 12.9. The molecule has 152 valence electrons. The lowest BCUT2D eigenvalue weighted by atomic mass is 10.1. The lowest BCUT2D eigenvalue weighted by molar-refractivity contribution is -0.124. The minimum atomic E-state index is -0.536. The summed E-state index contributed by atoms with van der Waals surface area (Å²) in [4.78, 5) is 38.7. The van der Waals surface area contributed by atoms with Crippen molar-refractivity contribution in [1.82, 2.24) is 15.5 Å². The van der Waals surface area contributed by atoms with Crippen LogP contribution in [0.2, 0.25) is 5.02 Å². The Morgan fingerprint density at radius 1 is 0.966 bits per heavy atom. The highest BCUT2D eigenvalue weighted by atomic mass is 35.5. The monoisotopic (exact) mass is 417 g/mol. The Labute approximate surface area is 173 Å². The van der Waals surface area contributed by atoms with Gasteiger partial charge in [0.2, 0.25) is 5.91 Å². The quantitative estimate of drug-likeness (QED) is 0.709. The van der Waals surface area contributed by atoms with Crippen molar-refractivity contribution in [3.05, 3.63) is 70.5 Å². The average molecular weight is 418 g/mol. The molecule has 0 spiro atoms. The molecule has 3 amide bonds. The molecule has 1 aliphatic rings. The van der Waals surface area contributed by atoms with Crippen LogP contribution < -0.4 is 10.6 Å². The van der Waals surface area contributed by atoms with Gasteiger partial charge in [-0.3, -0.25) is 14.4 Å². The van der Waals surface area contributed by atoms with Crippen LogP contribution in [0.5, 0.6) is 0 Å². The third-order valence-electron chi connectivity index (χ3n) is 4.72. The summed E-state index contributed by atoms with van der Waals surface area (Å²) in [6, 6.07) is 11.2. The molecule has 0 radical (unpaired) electrons. The molecule has 3 rings (SSSR count). The van der Waals surface area contributed by atoms with E-state index in [0.717, 1.165) is 6.42 Å². The number of nitrogens with zero attached hydrogens (tertiary/aromatic N) is 1. The van der Waals surface area contributed by atoms with Crippen molar-refractivity contribution in [2.45, 2.75) is 18.9 Å². The summed E-state index contributed by atoms with van der Waals surface area (Å²) < 4.78 is 12.9. The van der Waals surface area contributed by atoms with E-state index in [4.69, 9.17) is 11.6 Å². The van der Waals surface area contributed by atoms with Crippen molar-refractivity contribution >= 4 is 29.3 Å². The predicted octanol–water partition coefficient (Wildman–Crippen LogP) is 2.63. The minimum absolute atomic E-state index is 0.205. The SMILES string of the molecule is O=C(NCCNC(=O)[C@@H]1CCCN1C(=O)c1ccc(Cl)cc1)c1ccc(F)cc1. The number of carbonyl (C=O) groups excluding carboxylic acids is 3. The Kier molecular flexibility index (Phi) is 6.82. The number of hydrogen-bond donors (Lipinski definition) is 2. The standard InChI is InChI=1S/C21H21ClFN3O3/c22-16-7-3-15(4-8-16)21(29)26-13-1-2-18(26)20(28)25-12-11-24-19(27)14-5-9-17(23)10-6-14/h3-10,18H,1-2,11-13H2,(H,24,27)(H,25,28)/t18-/m0/s1. The van der Waals surface area contributed by atoms with Crippen LogP contribution in [0.3, 0.4) is 0 Å². The molecule has 1 fully saturated rings. The molecule has 0 aliphatic carbocycles. The lowest BCUT2D eigenvalue weighted by Crippen LogP contribution is -2.47. The van der Waals surface area contributed by atoms with Crippen molar-refractivity contribution < 1.29 is 18.8 Å². The van der Waals surface area contributed by atoms with E-state index in [9.17, 15) is 18.8 Å². The van der Waals surface area contributed by atoms with Gasteiger partial charge in [-0.05, 0) is 61.4 Å². The highest BCUT2D eigenvalue weighted by molar-refractivity contribution is 6.30. The van der Waals surface area contributed by atoms with Crippen molar-refractivity contribution in [2.75, 3.05) is 19.6 Å². The first-order chi connectivity index (χ1) is 14.0. The Bertz CT molecular complexity index is 887. The third kappa shape index (κ3) is 5.32. The fourth-order valence-electron chi connectivity index (χ4n) is 3.22. The molecule has 2 N–H and O–H groups in total. The molecule has 1 heterocycles. The summed E-state index contributed by atoms with van der Waals surface area (Å²) in [5, 5.41) is 5.96. The van der Waals surface area contributed by atoms with Gasteiger partial charge in [-0.2, -0.15) is 0 Å². The second-order valence-electron chi connectivity index (χ2n) is 6.72. The van der Waals surface area contributed by atoms with Gasteiger partial charge in [0, 0.05) is 35.8 Å². The van der Waals surface area contributed by atoms with Crippen molar-refractivity contribution in [3.8, 4) is 0 Å². The van der Waals surface area contributed by atoms with E-state index in [-0.39, 0.29) is 30.8 Å². The van der Waals surface area contributed by atoms with E-state index in [1.807, 2.05) is 0 Å². The molecule has 6 nitrogen and oxygen atoms in total. The number of amides is 3. The summed E-state index contributed by atoms with van der Waals surface area (Å²) in [7, 11) is 0. The molecule has 2 aromatic rings. The zero-order valence-electron chi connectivity index (χ0n) is 15.7. The molecule has 0 saturated carbocycles. The number of hydrogen-bond acceptors (Lipinski definition) is 3. The van der Waals surface area contributed by atoms with Gasteiger partial charge in [-0.25, -0.2) is 4.39 Å². The summed E-state index contributed by atoms with van der Waals surface area (Å²) >= 11 is 5.86. The normalized spacial score (nSPS) is 15.8. The van der Waals surface area contributed by atoms with E-state index >= 15 is 0 Å². The molecule has 8 heteroatoms. The van der Waals surface area contributed by atoms with Crippen molar-refractivity contribution in [3.63, 3.8) is 0 Å². The Morgan fingerprint density at radius 2 is 1.59 bits per heavy atom. The largest absolute Gasteiger partial charge is 0.353 e. The number of likely N-dealkylation sites (tertiary alicyclic amines) is 1. The molecule has 2 aromatic carbocycles. The van der Waals surface area contributed by atoms with E-state index in [1.165, 1.54) is 24.3 Å². The highest BCUT2D eigenvalue weighted by Crippen LogP contribution is 2.21. The molecular weight excluding hydrogens is 397 g/mol. The maximum absolute atomic E-state index is 12.9. The van der Waals surface area contributed by atoms with E-state index in [1.54, 1.807) is 29.2 Å². The second-order valence-corrected chi connectivity index (χ2v) is 7.15. The van der Waals surface area contributed by atoms with Gasteiger partial charge in [0.05, 0.1) is 0 Å². The van der Waals surface area contributed by atoms with Crippen LogP contribution in [0, 0.1) is 5.82 Å². The first-order valence-electron chi connectivity index (χ1n) is 9.34. The lowest BCUT2D eigenvalue weighted by Gasteiger charge is -2.24. The first-order valence-corrected chi connectivity index (χ1v) is 9.71. The van der Waals surface area contributed by atoms with Gasteiger partial charge < -0.3 is 15.5 Å². The topological polar surface area (TPSA) is 78.5 Å². The van der Waals surface area contributed by atoms with Crippen molar-refractivity contribution in [2.24, 2.45) is 0 Å². The van der Waals surface area contributed by atoms with Crippen LogP contribution in [0.4, 0.5) is 4.39 Å². The van der Waals surface area contributed by atoms with Gasteiger partial charge in [0.25, 0.3) is 11.8 Å². The summed E-state index contributed by atoms with van der Waals surface area (Å²) in [5.74, 6) is -1.22. The summed E-state index contributed by atoms with van der Waals surface area (Å²) in [6.07, 6.45) is 1.34. The van der Waals surface area contributed by atoms with Crippen molar-refractivity contribution in [1.29, 1.82) is 0 Å². The zero-order chi connectivity index (χ0) is 20.8. The third-order valence-corrected chi connectivity index (χ3v) is 4.98. The molecule has 29 heavy (non-hydrogen) atoms. The number of carbonyl (C=O) groups is 3. The smallest absolute Gasteiger partial charge is 0.254 e. The Morgan fingerprint density at radius 3 is 2.28 bits per heavy atom. The van der Waals surface area contributed by atoms with Gasteiger partial charge >= 0.3 is 0 Å². The molecule has 0 aromatic heterocycles. The van der Waals surface area contributed by atoms with Gasteiger partial charge in [0.1, 0.15) is 11.9 Å². The van der Waals surface area contributed by atoms with E-state index < -0.39 is 11.9 Å². The van der Waals surface area contributed by atoms with Gasteiger partial charge in [0.15, 0.2) is 0 Å². The van der Waals surface area contributed by atoms with Crippen LogP contribution in [0.25, 0.3) is 0 Å². The fourth-order valence-corrected chi connectivity index (χ4v) is 3.35. The van der Waals surface area contributed by atoms with Crippen LogP contribution in [-0.4, -0.2) is 48.3 Å². The van der Waals surface area contributed by atoms with Crippen LogP contribution >= 0.6 is 11.6 Å². The minimum Gasteiger partial charge on any atom is -0.353 e. The second kappa shape index (κ2) is 9.52. The van der Waals surface area contributed by atoms with Gasteiger partial charge in [-0.15, -0.1) is 0 Å². The molecular formula is C21H21ClFN3O3.